The zero-order valence-electron chi connectivity index (χ0n) is 15.5. The summed E-state index contributed by atoms with van der Waals surface area (Å²) in [4.78, 5) is 19.0. The minimum atomic E-state index is 0.231. The third-order valence-corrected chi connectivity index (χ3v) is 5.90. The Morgan fingerprint density at radius 3 is 2.58 bits per heavy atom. The number of anilines is 1. The second-order valence-corrected chi connectivity index (χ2v) is 7.77. The van der Waals surface area contributed by atoms with Crippen LogP contribution in [-0.4, -0.2) is 61.5 Å². The van der Waals surface area contributed by atoms with E-state index in [9.17, 15) is 10.1 Å². The number of rotatable bonds is 4. The first-order valence-electron chi connectivity index (χ1n) is 9.51. The highest BCUT2D eigenvalue weighted by Crippen LogP contribution is 2.25. The lowest BCUT2D eigenvalue weighted by atomic mass is 9.94. The monoisotopic (exact) mass is 374 g/mol. The SMILES string of the molecule is CN(C(=O)CN1CCN(c2ccc(Cl)cc2C#N)CC1)C1CCCCC1. The molecule has 1 heterocycles. The highest BCUT2D eigenvalue weighted by Gasteiger charge is 2.25. The van der Waals surface area contributed by atoms with Crippen molar-refractivity contribution in [1.82, 2.24) is 9.80 Å². The quantitative estimate of drug-likeness (QED) is 0.812. The van der Waals surface area contributed by atoms with Gasteiger partial charge in [-0.25, -0.2) is 0 Å². The Morgan fingerprint density at radius 1 is 1.23 bits per heavy atom. The Balaban J connectivity index is 1.52. The highest BCUT2D eigenvalue weighted by molar-refractivity contribution is 6.30. The number of nitriles is 1. The molecule has 140 valence electrons. The van der Waals surface area contributed by atoms with Crippen LogP contribution in [0, 0.1) is 11.3 Å². The van der Waals surface area contributed by atoms with Gasteiger partial charge in [0.05, 0.1) is 17.8 Å². The van der Waals surface area contributed by atoms with Crippen LogP contribution in [0.15, 0.2) is 18.2 Å². The van der Waals surface area contributed by atoms with E-state index >= 15 is 0 Å². The predicted molar refractivity (Wildman–Crippen MR) is 104 cm³/mol. The van der Waals surface area contributed by atoms with Crippen molar-refractivity contribution in [3.63, 3.8) is 0 Å². The van der Waals surface area contributed by atoms with E-state index in [0.29, 0.717) is 23.2 Å². The van der Waals surface area contributed by atoms with Crippen molar-refractivity contribution in [1.29, 1.82) is 5.26 Å². The van der Waals surface area contributed by atoms with Crippen LogP contribution in [0.1, 0.15) is 37.7 Å². The fourth-order valence-corrected chi connectivity index (χ4v) is 4.17. The van der Waals surface area contributed by atoms with Crippen LogP contribution in [0.5, 0.6) is 0 Å². The molecule has 6 heteroatoms. The molecule has 5 nitrogen and oxygen atoms in total. The molecule has 0 bridgehead atoms. The first-order valence-corrected chi connectivity index (χ1v) is 9.89. The summed E-state index contributed by atoms with van der Waals surface area (Å²) in [5.41, 5.74) is 1.54. The van der Waals surface area contributed by atoms with Crippen LogP contribution in [0.25, 0.3) is 0 Å². The molecule has 1 saturated heterocycles. The highest BCUT2D eigenvalue weighted by atomic mass is 35.5. The van der Waals surface area contributed by atoms with E-state index in [2.05, 4.69) is 15.9 Å². The summed E-state index contributed by atoms with van der Waals surface area (Å²) in [5, 5.41) is 9.92. The molecule has 0 radical (unpaired) electrons. The smallest absolute Gasteiger partial charge is 0.236 e. The summed E-state index contributed by atoms with van der Waals surface area (Å²) in [5.74, 6) is 0.231. The largest absolute Gasteiger partial charge is 0.368 e. The summed E-state index contributed by atoms with van der Waals surface area (Å²) in [6.45, 7) is 3.79. The first-order chi connectivity index (χ1) is 12.6. The van der Waals surface area contributed by atoms with Gasteiger partial charge in [0.15, 0.2) is 0 Å². The molecular weight excluding hydrogens is 348 g/mol. The van der Waals surface area contributed by atoms with Crippen molar-refractivity contribution in [3.05, 3.63) is 28.8 Å². The van der Waals surface area contributed by atoms with Gasteiger partial charge in [-0.1, -0.05) is 30.9 Å². The molecule has 26 heavy (non-hydrogen) atoms. The maximum absolute atomic E-state index is 12.6. The Labute approximate surface area is 161 Å². The first kappa shape index (κ1) is 19.0. The summed E-state index contributed by atoms with van der Waals surface area (Å²) < 4.78 is 0. The molecule has 1 aliphatic heterocycles. The summed E-state index contributed by atoms with van der Waals surface area (Å²) in [6, 6.07) is 8.10. The third kappa shape index (κ3) is 4.49. The van der Waals surface area contributed by atoms with E-state index in [1.807, 2.05) is 24.1 Å². The average molecular weight is 375 g/mol. The van der Waals surface area contributed by atoms with E-state index in [1.165, 1.54) is 19.3 Å². The molecule has 3 rings (SSSR count). The Hall–Kier alpha value is -1.77. The van der Waals surface area contributed by atoms with Gasteiger partial charge in [0.25, 0.3) is 0 Å². The Morgan fingerprint density at radius 2 is 1.92 bits per heavy atom. The van der Waals surface area contributed by atoms with Crippen LogP contribution in [0.3, 0.4) is 0 Å². The van der Waals surface area contributed by atoms with Crippen LogP contribution >= 0.6 is 11.6 Å². The van der Waals surface area contributed by atoms with Crippen molar-refractivity contribution in [2.24, 2.45) is 0 Å². The second-order valence-electron chi connectivity index (χ2n) is 7.33. The standard InChI is InChI=1S/C20H27ClN4O/c1-23(18-5-3-2-4-6-18)20(26)15-24-9-11-25(12-10-24)19-8-7-17(21)13-16(19)14-22/h7-8,13,18H,2-6,9-12,15H2,1H3. The average Bonchev–Trinajstić information content (AvgIpc) is 2.68. The van der Waals surface area contributed by atoms with E-state index < -0.39 is 0 Å². The van der Waals surface area contributed by atoms with Gasteiger partial charge in [0.2, 0.25) is 5.91 Å². The van der Waals surface area contributed by atoms with E-state index in [4.69, 9.17) is 11.6 Å². The fourth-order valence-electron chi connectivity index (χ4n) is 4.00. The molecule has 1 amide bonds. The van der Waals surface area contributed by atoms with E-state index in [0.717, 1.165) is 44.7 Å². The number of likely N-dealkylation sites (N-methyl/N-ethyl adjacent to an activating group) is 1. The Bertz CT molecular complexity index is 673. The van der Waals surface area contributed by atoms with Gasteiger partial charge in [0.1, 0.15) is 6.07 Å². The van der Waals surface area contributed by atoms with Crippen molar-refractivity contribution >= 4 is 23.2 Å². The summed E-state index contributed by atoms with van der Waals surface area (Å²) in [6.07, 6.45) is 6.06. The van der Waals surface area contributed by atoms with Crippen molar-refractivity contribution in [3.8, 4) is 6.07 Å². The topological polar surface area (TPSA) is 50.6 Å². The third-order valence-electron chi connectivity index (χ3n) is 5.67. The van der Waals surface area contributed by atoms with Crippen LogP contribution < -0.4 is 4.90 Å². The molecule has 1 saturated carbocycles. The van der Waals surface area contributed by atoms with Gasteiger partial charge < -0.3 is 9.80 Å². The summed E-state index contributed by atoms with van der Waals surface area (Å²) >= 11 is 5.99. The van der Waals surface area contributed by atoms with Gasteiger partial charge >= 0.3 is 0 Å². The minimum Gasteiger partial charge on any atom is -0.368 e. The molecule has 0 N–H and O–H groups in total. The zero-order valence-corrected chi connectivity index (χ0v) is 16.2. The van der Waals surface area contributed by atoms with Gasteiger partial charge in [-0.3, -0.25) is 9.69 Å². The molecule has 2 aliphatic rings. The molecule has 0 spiro atoms. The molecule has 0 atom stereocenters. The number of carbonyl (C=O) groups is 1. The lowest BCUT2D eigenvalue weighted by Gasteiger charge is -2.38. The minimum absolute atomic E-state index is 0.231. The van der Waals surface area contributed by atoms with E-state index in [-0.39, 0.29) is 5.91 Å². The number of hydrogen-bond acceptors (Lipinski definition) is 4. The Kier molecular flexibility index (Phi) is 6.39. The normalized spacial score (nSPS) is 19.2. The molecule has 0 aromatic heterocycles. The molecular formula is C20H27ClN4O. The lowest BCUT2D eigenvalue weighted by Crippen LogP contribution is -2.51. The van der Waals surface area contributed by atoms with Crippen LogP contribution in [0.4, 0.5) is 5.69 Å². The molecule has 1 aliphatic carbocycles. The van der Waals surface area contributed by atoms with Crippen LogP contribution in [0.2, 0.25) is 5.02 Å². The van der Waals surface area contributed by atoms with Crippen molar-refractivity contribution < 1.29 is 4.79 Å². The fraction of sp³-hybridized carbons (Fsp3) is 0.600. The predicted octanol–water partition coefficient (Wildman–Crippen LogP) is 3.12. The number of hydrogen-bond donors (Lipinski definition) is 0. The zero-order chi connectivity index (χ0) is 18.5. The second kappa shape index (κ2) is 8.75. The molecule has 0 unspecified atom stereocenters. The van der Waals surface area contributed by atoms with Crippen molar-refractivity contribution in [2.75, 3.05) is 44.7 Å². The number of amides is 1. The number of halogens is 1. The van der Waals surface area contributed by atoms with Crippen LogP contribution in [-0.2, 0) is 4.79 Å². The number of piperazine rings is 1. The van der Waals surface area contributed by atoms with Gasteiger partial charge in [-0.15, -0.1) is 0 Å². The number of nitrogens with zero attached hydrogens (tertiary/aromatic N) is 4. The maximum atomic E-state index is 12.6. The molecule has 2 fully saturated rings. The van der Waals surface area contributed by atoms with E-state index in [1.54, 1.807) is 6.07 Å². The number of benzene rings is 1. The van der Waals surface area contributed by atoms with Crippen molar-refractivity contribution in [2.45, 2.75) is 38.1 Å². The van der Waals surface area contributed by atoms with Gasteiger partial charge in [-0.2, -0.15) is 5.26 Å². The van der Waals surface area contributed by atoms with Gasteiger partial charge in [-0.05, 0) is 31.0 Å². The lowest BCUT2D eigenvalue weighted by molar-refractivity contribution is -0.133. The molecule has 1 aromatic carbocycles. The molecule has 1 aromatic rings. The summed E-state index contributed by atoms with van der Waals surface area (Å²) in [7, 11) is 1.96. The maximum Gasteiger partial charge on any atom is 0.236 e. The number of carbonyl (C=O) groups excluding carboxylic acids is 1. The van der Waals surface area contributed by atoms with Gasteiger partial charge in [0, 0.05) is 44.3 Å².